The second kappa shape index (κ2) is 6.28. The van der Waals surface area contributed by atoms with Gasteiger partial charge in [-0.05, 0) is 30.9 Å². The molecule has 1 atom stereocenters. The third-order valence-electron chi connectivity index (χ3n) is 2.56. The Kier molecular flexibility index (Phi) is 4.99. The number of ether oxygens (including phenoxy) is 1. The van der Waals surface area contributed by atoms with E-state index in [0.717, 1.165) is 24.0 Å². The van der Waals surface area contributed by atoms with Crippen molar-refractivity contribution in [2.45, 2.75) is 32.3 Å². The van der Waals surface area contributed by atoms with E-state index in [1.165, 1.54) is 7.11 Å². The van der Waals surface area contributed by atoms with Gasteiger partial charge in [-0.25, -0.2) is 0 Å². The first kappa shape index (κ1) is 12.7. The lowest BCUT2D eigenvalue weighted by molar-refractivity contribution is -0.140. The molecule has 1 aromatic rings. The Morgan fingerprint density at radius 2 is 2.12 bits per heavy atom. The Balaban J connectivity index is 2.56. The van der Waals surface area contributed by atoms with Crippen LogP contribution in [0.15, 0.2) is 24.3 Å². The maximum atomic E-state index is 10.9. The van der Waals surface area contributed by atoms with Crippen LogP contribution in [0.25, 0.3) is 0 Å². The summed E-state index contributed by atoms with van der Waals surface area (Å²) < 4.78 is 4.58. The molecule has 0 heterocycles. The van der Waals surface area contributed by atoms with Crippen molar-refractivity contribution in [2.24, 2.45) is 0 Å². The smallest absolute Gasteiger partial charge is 0.305 e. The average Bonchev–Trinajstić information content (AvgIpc) is 2.29. The van der Waals surface area contributed by atoms with Gasteiger partial charge in [0.15, 0.2) is 0 Å². The SMILES string of the molecule is COC(=O)CCCc1ccccc1C(C)O. The molecular weight excluding hydrogens is 204 g/mol. The standard InChI is InChI=1S/C13H18O3/c1-10(14)12-8-4-3-6-11(12)7-5-9-13(15)16-2/h3-4,6,8,10,14H,5,7,9H2,1-2H3. The second-order valence-electron chi connectivity index (χ2n) is 3.80. The number of hydrogen-bond donors (Lipinski definition) is 1. The van der Waals surface area contributed by atoms with Crippen LogP contribution in [0.2, 0.25) is 0 Å². The summed E-state index contributed by atoms with van der Waals surface area (Å²) in [6.07, 6.45) is 1.49. The number of methoxy groups -OCH3 is 1. The van der Waals surface area contributed by atoms with Crippen molar-refractivity contribution in [2.75, 3.05) is 7.11 Å². The van der Waals surface area contributed by atoms with Gasteiger partial charge in [0.25, 0.3) is 0 Å². The van der Waals surface area contributed by atoms with Gasteiger partial charge in [-0.1, -0.05) is 24.3 Å². The van der Waals surface area contributed by atoms with E-state index in [1.54, 1.807) is 6.92 Å². The van der Waals surface area contributed by atoms with E-state index in [0.29, 0.717) is 6.42 Å². The van der Waals surface area contributed by atoms with Crippen LogP contribution in [0, 0.1) is 0 Å². The van der Waals surface area contributed by atoms with Gasteiger partial charge < -0.3 is 9.84 Å². The first-order chi connectivity index (χ1) is 7.65. The maximum Gasteiger partial charge on any atom is 0.305 e. The Morgan fingerprint density at radius 3 is 2.75 bits per heavy atom. The minimum atomic E-state index is -0.464. The molecule has 1 unspecified atom stereocenters. The summed E-state index contributed by atoms with van der Waals surface area (Å²) in [4.78, 5) is 10.9. The average molecular weight is 222 g/mol. The van der Waals surface area contributed by atoms with Gasteiger partial charge in [-0.2, -0.15) is 0 Å². The van der Waals surface area contributed by atoms with E-state index in [1.807, 2.05) is 24.3 Å². The molecule has 0 saturated carbocycles. The third-order valence-corrected chi connectivity index (χ3v) is 2.56. The van der Waals surface area contributed by atoms with Gasteiger partial charge in [0, 0.05) is 6.42 Å². The zero-order valence-electron chi connectivity index (χ0n) is 9.77. The van der Waals surface area contributed by atoms with Crippen LogP contribution < -0.4 is 0 Å². The summed E-state index contributed by atoms with van der Waals surface area (Å²) in [7, 11) is 1.39. The van der Waals surface area contributed by atoms with Gasteiger partial charge in [-0.3, -0.25) is 4.79 Å². The first-order valence-electron chi connectivity index (χ1n) is 5.48. The predicted octanol–water partition coefficient (Wildman–Crippen LogP) is 2.24. The number of carbonyl (C=O) groups excluding carboxylic acids is 1. The molecule has 3 heteroatoms. The van der Waals surface area contributed by atoms with Crippen molar-refractivity contribution < 1.29 is 14.6 Å². The van der Waals surface area contributed by atoms with Gasteiger partial charge in [-0.15, -0.1) is 0 Å². The Bertz CT molecular complexity index is 345. The number of hydrogen-bond acceptors (Lipinski definition) is 3. The minimum absolute atomic E-state index is 0.186. The van der Waals surface area contributed by atoms with E-state index in [4.69, 9.17) is 0 Å². The molecule has 0 amide bonds. The number of aryl methyl sites for hydroxylation is 1. The summed E-state index contributed by atoms with van der Waals surface area (Å²) in [6, 6.07) is 7.75. The number of aliphatic hydroxyl groups excluding tert-OH is 1. The summed E-state index contributed by atoms with van der Waals surface area (Å²) in [5.74, 6) is -0.186. The van der Waals surface area contributed by atoms with Crippen LogP contribution in [0.5, 0.6) is 0 Å². The molecule has 0 spiro atoms. The van der Waals surface area contributed by atoms with Crippen molar-refractivity contribution in [3.63, 3.8) is 0 Å². The van der Waals surface area contributed by atoms with Crippen LogP contribution in [0.4, 0.5) is 0 Å². The zero-order valence-corrected chi connectivity index (χ0v) is 9.77. The summed E-state index contributed by atoms with van der Waals surface area (Å²) in [5, 5.41) is 9.57. The van der Waals surface area contributed by atoms with Crippen LogP contribution >= 0.6 is 0 Å². The van der Waals surface area contributed by atoms with E-state index in [2.05, 4.69) is 4.74 Å². The molecule has 0 fully saturated rings. The number of esters is 1. The second-order valence-corrected chi connectivity index (χ2v) is 3.80. The number of rotatable bonds is 5. The molecule has 0 aliphatic carbocycles. The molecule has 0 aliphatic heterocycles. The van der Waals surface area contributed by atoms with Crippen molar-refractivity contribution in [3.05, 3.63) is 35.4 Å². The van der Waals surface area contributed by atoms with E-state index in [-0.39, 0.29) is 5.97 Å². The lowest BCUT2D eigenvalue weighted by atomic mass is 9.99. The fourth-order valence-electron chi connectivity index (χ4n) is 1.69. The molecule has 1 rings (SSSR count). The number of benzene rings is 1. The molecule has 88 valence electrons. The summed E-state index contributed by atoms with van der Waals surface area (Å²) >= 11 is 0. The molecule has 16 heavy (non-hydrogen) atoms. The molecule has 0 bridgehead atoms. The fraction of sp³-hybridized carbons (Fsp3) is 0.462. The zero-order chi connectivity index (χ0) is 12.0. The molecular formula is C13H18O3. The van der Waals surface area contributed by atoms with Crippen molar-refractivity contribution in [1.29, 1.82) is 0 Å². The lowest BCUT2D eigenvalue weighted by Gasteiger charge is -2.11. The van der Waals surface area contributed by atoms with Gasteiger partial charge >= 0.3 is 5.97 Å². The molecule has 0 aliphatic rings. The molecule has 0 saturated heterocycles. The summed E-state index contributed by atoms with van der Waals surface area (Å²) in [5.41, 5.74) is 2.04. The highest BCUT2D eigenvalue weighted by molar-refractivity contribution is 5.69. The van der Waals surface area contributed by atoms with Crippen LogP contribution in [-0.2, 0) is 16.0 Å². The Labute approximate surface area is 96.1 Å². The Hall–Kier alpha value is -1.35. The number of aliphatic hydroxyl groups is 1. The quantitative estimate of drug-likeness (QED) is 0.777. The third kappa shape index (κ3) is 3.66. The van der Waals surface area contributed by atoms with Crippen LogP contribution in [-0.4, -0.2) is 18.2 Å². The van der Waals surface area contributed by atoms with Crippen LogP contribution in [0.3, 0.4) is 0 Å². The van der Waals surface area contributed by atoms with E-state index >= 15 is 0 Å². The molecule has 1 aromatic carbocycles. The minimum Gasteiger partial charge on any atom is -0.469 e. The van der Waals surface area contributed by atoms with Crippen molar-refractivity contribution in [1.82, 2.24) is 0 Å². The van der Waals surface area contributed by atoms with E-state index < -0.39 is 6.10 Å². The monoisotopic (exact) mass is 222 g/mol. The predicted molar refractivity (Wildman–Crippen MR) is 62.0 cm³/mol. The molecule has 1 N–H and O–H groups in total. The maximum absolute atomic E-state index is 10.9. The van der Waals surface area contributed by atoms with Crippen molar-refractivity contribution >= 4 is 5.97 Å². The first-order valence-corrected chi connectivity index (χ1v) is 5.48. The molecule has 0 aromatic heterocycles. The fourth-order valence-corrected chi connectivity index (χ4v) is 1.69. The van der Waals surface area contributed by atoms with E-state index in [9.17, 15) is 9.90 Å². The molecule has 3 nitrogen and oxygen atoms in total. The van der Waals surface area contributed by atoms with Gasteiger partial charge in [0.05, 0.1) is 13.2 Å². The Morgan fingerprint density at radius 1 is 1.44 bits per heavy atom. The highest BCUT2D eigenvalue weighted by Gasteiger charge is 2.07. The lowest BCUT2D eigenvalue weighted by Crippen LogP contribution is -2.02. The topological polar surface area (TPSA) is 46.5 Å². The highest BCUT2D eigenvalue weighted by atomic mass is 16.5. The summed E-state index contributed by atoms with van der Waals surface area (Å²) in [6.45, 7) is 1.75. The highest BCUT2D eigenvalue weighted by Crippen LogP contribution is 2.19. The number of carbonyl (C=O) groups is 1. The largest absolute Gasteiger partial charge is 0.469 e. The van der Waals surface area contributed by atoms with Gasteiger partial charge in [0.2, 0.25) is 0 Å². The molecule has 0 radical (unpaired) electrons. The van der Waals surface area contributed by atoms with Gasteiger partial charge in [0.1, 0.15) is 0 Å². The van der Waals surface area contributed by atoms with Crippen molar-refractivity contribution in [3.8, 4) is 0 Å². The normalized spacial score (nSPS) is 12.2. The van der Waals surface area contributed by atoms with Crippen LogP contribution in [0.1, 0.15) is 37.0 Å².